The maximum Gasteiger partial charge on any atom is 0.352 e. The molecule has 0 spiro atoms. The number of nitrogens with zero attached hydrogens (tertiary/aromatic N) is 1. The summed E-state index contributed by atoms with van der Waals surface area (Å²) >= 11 is 0. The van der Waals surface area contributed by atoms with Crippen LogP contribution in [0.1, 0.15) is 17.4 Å². The molecule has 1 aromatic heterocycles. The van der Waals surface area contributed by atoms with Crippen LogP contribution in [0.25, 0.3) is 11.3 Å². The van der Waals surface area contributed by atoms with Crippen molar-refractivity contribution in [3.05, 3.63) is 47.9 Å². The normalized spacial score (nSPS) is 10.5. The monoisotopic (exact) mass is 233 g/mol. The highest BCUT2D eigenvalue weighted by atomic mass is 19.1. The van der Waals surface area contributed by atoms with E-state index in [4.69, 9.17) is 5.11 Å². The third kappa shape index (κ3) is 1.93. The van der Waals surface area contributed by atoms with Crippen molar-refractivity contribution >= 4 is 5.97 Å². The zero-order valence-corrected chi connectivity index (χ0v) is 9.35. The number of benzene rings is 1. The van der Waals surface area contributed by atoms with Crippen LogP contribution in [0.15, 0.2) is 36.4 Å². The van der Waals surface area contributed by atoms with Gasteiger partial charge in [-0.05, 0) is 31.2 Å². The number of rotatable bonds is 3. The fourth-order valence-electron chi connectivity index (χ4n) is 1.90. The first kappa shape index (κ1) is 11.4. The lowest BCUT2D eigenvalue weighted by atomic mass is 10.1. The highest BCUT2D eigenvalue weighted by Crippen LogP contribution is 2.25. The predicted octanol–water partition coefficient (Wildman–Crippen LogP) is 3.01. The minimum absolute atomic E-state index is 0.172. The minimum Gasteiger partial charge on any atom is -0.477 e. The second-order valence-corrected chi connectivity index (χ2v) is 3.63. The Morgan fingerprint density at radius 2 is 2.00 bits per heavy atom. The van der Waals surface area contributed by atoms with Crippen molar-refractivity contribution in [1.82, 2.24) is 4.57 Å². The topological polar surface area (TPSA) is 42.2 Å². The zero-order valence-electron chi connectivity index (χ0n) is 9.35. The third-order valence-electron chi connectivity index (χ3n) is 2.67. The van der Waals surface area contributed by atoms with E-state index in [9.17, 15) is 9.18 Å². The number of hydrogen-bond acceptors (Lipinski definition) is 1. The van der Waals surface area contributed by atoms with E-state index < -0.39 is 5.97 Å². The van der Waals surface area contributed by atoms with Crippen LogP contribution in [0.2, 0.25) is 0 Å². The molecule has 0 unspecified atom stereocenters. The molecule has 88 valence electrons. The molecule has 4 heteroatoms. The maximum absolute atomic E-state index is 13.6. The van der Waals surface area contributed by atoms with Gasteiger partial charge < -0.3 is 9.67 Å². The highest BCUT2D eigenvalue weighted by molar-refractivity contribution is 5.87. The van der Waals surface area contributed by atoms with Gasteiger partial charge in [0.05, 0.1) is 5.69 Å². The molecule has 1 aromatic carbocycles. The Morgan fingerprint density at radius 3 is 2.59 bits per heavy atom. The first-order valence-corrected chi connectivity index (χ1v) is 5.33. The molecule has 0 aliphatic rings. The lowest BCUT2D eigenvalue weighted by Crippen LogP contribution is -2.08. The molecule has 0 saturated carbocycles. The van der Waals surface area contributed by atoms with Crippen LogP contribution in [-0.4, -0.2) is 15.6 Å². The summed E-state index contributed by atoms with van der Waals surface area (Å²) in [6.07, 6.45) is 0. The summed E-state index contributed by atoms with van der Waals surface area (Å²) in [4.78, 5) is 11.0. The Bertz CT molecular complexity index is 560. The molecular weight excluding hydrogens is 221 g/mol. The molecule has 3 nitrogen and oxygen atoms in total. The van der Waals surface area contributed by atoms with E-state index in [0.717, 1.165) is 0 Å². The molecule has 0 atom stereocenters. The SMILES string of the molecule is CCn1c(C(=O)O)ccc1-c1ccccc1F. The number of halogens is 1. The van der Waals surface area contributed by atoms with Crippen LogP contribution in [0, 0.1) is 5.82 Å². The van der Waals surface area contributed by atoms with Gasteiger partial charge in [0.1, 0.15) is 11.5 Å². The molecule has 0 bridgehead atoms. The third-order valence-corrected chi connectivity index (χ3v) is 2.67. The van der Waals surface area contributed by atoms with Crippen molar-refractivity contribution in [2.75, 3.05) is 0 Å². The average molecular weight is 233 g/mol. The highest BCUT2D eigenvalue weighted by Gasteiger charge is 2.15. The predicted molar refractivity (Wildman–Crippen MR) is 62.5 cm³/mol. The van der Waals surface area contributed by atoms with Crippen molar-refractivity contribution in [2.45, 2.75) is 13.5 Å². The number of aromatic nitrogens is 1. The molecule has 0 fully saturated rings. The molecule has 0 aliphatic carbocycles. The summed E-state index contributed by atoms with van der Waals surface area (Å²) in [5, 5.41) is 9.01. The summed E-state index contributed by atoms with van der Waals surface area (Å²) in [6.45, 7) is 2.31. The van der Waals surface area contributed by atoms with E-state index in [2.05, 4.69) is 0 Å². The van der Waals surface area contributed by atoms with Crippen LogP contribution >= 0.6 is 0 Å². The summed E-state index contributed by atoms with van der Waals surface area (Å²) in [6, 6.07) is 9.46. The molecule has 0 aliphatic heterocycles. The molecular formula is C13H12FNO2. The second kappa shape index (κ2) is 4.41. The summed E-state index contributed by atoms with van der Waals surface area (Å²) < 4.78 is 15.2. The fraction of sp³-hybridized carbons (Fsp3) is 0.154. The van der Waals surface area contributed by atoms with Gasteiger partial charge in [-0.1, -0.05) is 12.1 Å². The number of carboxylic acid groups (broad SMARTS) is 1. The van der Waals surface area contributed by atoms with E-state index in [-0.39, 0.29) is 11.5 Å². The quantitative estimate of drug-likeness (QED) is 0.885. The number of carboxylic acids is 1. The van der Waals surface area contributed by atoms with Crippen molar-refractivity contribution in [3.8, 4) is 11.3 Å². The van der Waals surface area contributed by atoms with Crippen LogP contribution in [0.3, 0.4) is 0 Å². The molecule has 0 saturated heterocycles. The van der Waals surface area contributed by atoms with Gasteiger partial charge in [-0.2, -0.15) is 0 Å². The second-order valence-electron chi connectivity index (χ2n) is 3.63. The average Bonchev–Trinajstić information content (AvgIpc) is 2.73. The number of aromatic carboxylic acids is 1. The number of carbonyl (C=O) groups is 1. The Balaban J connectivity index is 2.61. The molecule has 2 aromatic rings. The number of hydrogen-bond donors (Lipinski definition) is 1. The molecule has 2 rings (SSSR count). The Morgan fingerprint density at radius 1 is 1.29 bits per heavy atom. The Kier molecular flexibility index (Phi) is 2.95. The molecule has 17 heavy (non-hydrogen) atoms. The molecule has 0 amide bonds. The van der Waals surface area contributed by atoms with E-state index in [1.54, 1.807) is 28.8 Å². The molecule has 0 radical (unpaired) electrons. The van der Waals surface area contributed by atoms with Crippen LogP contribution in [-0.2, 0) is 6.54 Å². The van der Waals surface area contributed by atoms with E-state index in [1.807, 2.05) is 6.92 Å². The van der Waals surface area contributed by atoms with Crippen molar-refractivity contribution in [2.24, 2.45) is 0 Å². The van der Waals surface area contributed by atoms with Gasteiger partial charge in [-0.3, -0.25) is 0 Å². The van der Waals surface area contributed by atoms with Gasteiger partial charge in [-0.25, -0.2) is 9.18 Å². The van der Waals surface area contributed by atoms with Gasteiger partial charge in [0, 0.05) is 12.1 Å². The lowest BCUT2D eigenvalue weighted by molar-refractivity contribution is 0.0685. The van der Waals surface area contributed by atoms with Crippen molar-refractivity contribution in [1.29, 1.82) is 0 Å². The van der Waals surface area contributed by atoms with Gasteiger partial charge in [0.2, 0.25) is 0 Å². The first-order valence-electron chi connectivity index (χ1n) is 5.33. The van der Waals surface area contributed by atoms with Gasteiger partial charge in [-0.15, -0.1) is 0 Å². The van der Waals surface area contributed by atoms with Gasteiger partial charge in [0.15, 0.2) is 0 Å². The summed E-state index contributed by atoms with van der Waals surface area (Å²) in [7, 11) is 0. The summed E-state index contributed by atoms with van der Waals surface area (Å²) in [5.74, 6) is -1.35. The van der Waals surface area contributed by atoms with Crippen molar-refractivity contribution in [3.63, 3.8) is 0 Å². The molecule has 1 heterocycles. The Labute approximate surface area is 98.1 Å². The van der Waals surface area contributed by atoms with E-state index in [1.165, 1.54) is 12.1 Å². The smallest absolute Gasteiger partial charge is 0.352 e. The van der Waals surface area contributed by atoms with E-state index >= 15 is 0 Å². The Hall–Kier alpha value is -2.10. The minimum atomic E-state index is -1.01. The lowest BCUT2D eigenvalue weighted by Gasteiger charge is -2.09. The fourth-order valence-corrected chi connectivity index (χ4v) is 1.90. The van der Waals surface area contributed by atoms with Gasteiger partial charge in [0.25, 0.3) is 0 Å². The largest absolute Gasteiger partial charge is 0.477 e. The first-order chi connectivity index (χ1) is 8.15. The van der Waals surface area contributed by atoms with Crippen LogP contribution in [0.5, 0.6) is 0 Å². The van der Waals surface area contributed by atoms with Crippen LogP contribution < -0.4 is 0 Å². The van der Waals surface area contributed by atoms with Crippen molar-refractivity contribution < 1.29 is 14.3 Å². The maximum atomic E-state index is 13.6. The zero-order chi connectivity index (χ0) is 12.4. The summed E-state index contributed by atoms with van der Waals surface area (Å²) in [5.41, 5.74) is 1.18. The molecule has 1 N–H and O–H groups in total. The van der Waals surface area contributed by atoms with E-state index in [0.29, 0.717) is 17.8 Å². The van der Waals surface area contributed by atoms with Crippen LogP contribution in [0.4, 0.5) is 4.39 Å². The van der Waals surface area contributed by atoms with Gasteiger partial charge >= 0.3 is 5.97 Å². The standard InChI is InChI=1S/C13H12FNO2/c1-2-15-11(7-8-12(15)13(16)17)9-5-3-4-6-10(9)14/h3-8H,2H2,1H3,(H,16,17).